The largest absolute Gasteiger partial charge is 0.0610 e. The summed E-state index contributed by atoms with van der Waals surface area (Å²) in [6.07, 6.45) is 0. The van der Waals surface area contributed by atoms with Gasteiger partial charge in [-0.15, -0.1) is 0 Å². The Labute approximate surface area is 218 Å². The van der Waals surface area contributed by atoms with Gasteiger partial charge in [-0.1, -0.05) is 126 Å². The van der Waals surface area contributed by atoms with Gasteiger partial charge in [0.25, 0.3) is 0 Å². The fraction of sp³-hybridized carbons (Fsp3) is 0.0811. The van der Waals surface area contributed by atoms with Crippen molar-refractivity contribution in [3.63, 3.8) is 0 Å². The van der Waals surface area contributed by atoms with Gasteiger partial charge in [0, 0.05) is 0 Å². The molecule has 0 amide bonds. The smallest absolute Gasteiger partial charge is 0.000764 e. The Hall–Kier alpha value is -4.42. The Morgan fingerprint density at radius 1 is 0.351 bits per heavy atom. The number of rotatable bonds is 3. The predicted octanol–water partition coefficient (Wildman–Crippen LogP) is 10.4. The first-order chi connectivity index (χ1) is 18.1. The number of fused-ring (bicyclic) bond motifs is 3. The molecule has 0 fully saturated rings. The molecule has 0 atom stereocenters. The SMILES string of the molecule is Cc1ccc(-c2cc(-c3ccc(C)cc3)c3c(c2-c2ccc(C)cc2)-c2cccc4cccc-3c24)cc1. The summed E-state index contributed by atoms with van der Waals surface area (Å²) < 4.78 is 0. The monoisotopic (exact) mass is 472 g/mol. The summed E-state index contributed by atoms with van der Waals surface area (Å²) in [6, 6.07) is 43.0. The maximum absolute atomic E-state index is 2.44. The molecule has 0 saturated heterocycles. The summed E-state index contributed by atoms with van der Waals surface area (Å²) in [6.45, 7) is 6.47. The molecule has 1 aliphatic rings. The zero-order chi connectivity index (χ0) is 25.1. The molecular weight excluding hydrogens is 444 g/mol. The summed E-state index contributed by atoms with van der Waals surface area (Å²) in [5.74, 6) is 0. The zero-order valence-corrected chi connectivity index (χ0v) is 21.5. The van der Waals surface area contributed by atoms with E-state index in [2.05, 4.69) is 136 Å². The molecule has 6 aromatic carbocycles. The van der Waals surface area contributed by atoms with Gasteiger partial charge in [0.1, 0.15) is 0 Å². The molecule has 0 bridgehead atoms. The number of hydrogen-bond donors (Lipinski definition) is 0. The Kier molecular flexibility index (Phi) is 4.91. The van der Waals surface area contributed by atoms with E-state index >= 15 is 0 Å². The third kappa shape index (κ3) is 3.44. The minimum absolute atomic E-state index is 1.25. The van der Waals surface area contributed by atoms with E-state index in [1.807, 2.05) is 0 Å². The molecule has 37 heavy (non-hydrogen) atoms. The van der Waals surface area contributed by atoms with Crippen molar-refractivity contribution < 1.29 is 0 Å². The van der Waals surface area contributed by atoms with E-state index in [1.165, 1.54) is 83.1 Å². The average molecular weight is 473 g/mol. The first-order valence-electron chi connectivity index (χ1n) is 13.0. The lowest BCUT2D eigenvalue weighted by Crippen LogP contribution is -1.95. The van der Waals surface area contributed by atoms with E-state index in [1.54, 1.807) is 0 Å². The summed E-state index contributed by atoms with van der Waals surface area (Å²) in [5, 5.41) is 2.66. The van der Waals surface area contributed by atoms with Crippen molar-refractivity contribution >= 4 is 10.8 Å². The second kappa shape index (κ2) is 8.32. The molecule has 0 aromatic heterocycles. The standard InChI is InChI=1S/C37H28/c1-23-10-16-26(17-11-23)32-22-33(27-18-12-24(2)13-19-27)36-30-8-4-6-28-7-5-9-31(34(28)30)37(36)35(32)29-20-14-25(3)15-21-29/h4-22H,1-3H3. The highest BCUT2D eigenvalue weighted by molar-refractivity contribution is 6.22. The molecule has 0 saturated carbocycles. The minimum Gasteiger partial charge on any atom is -0.0610 e. The van der Waals surface area contributed by atoms with Crippen molar-refractivity contribution in [3.8, 4) is 55.6 Å². The zero-order valence-electron chi connectivity index (χ0n) is 21.5. The lowest BCUT2D eigenvalue weighted by molar-refractivity contribution is 1.45. The predicted molar refractivity (Wildman–Crippen MR) is 159 cm³/mol. The van der Waals surface area contributed by atoms with Crippen LogP contribution in [0.5, 0.6) is 0 Å². The first-order valence-corrected chi connectivity index (χ1v) is 13.0. The van der Waals surface area contributed by atoms with Gasteiger partial charge in [-0.25, -0.2) is 0 Å². The van der Waals surface area contributed by atoms with Gasteiger partial charge in [0.05, 0.1) is 0 Å². The van der Waals surface area contributed by atoms with Crippen LogP contribution >= 0.6 is 0 Å². The molecule has 0 heterocycles. The van der Waals surface area contributed by atoms with Gasteiger partial charge in [-0.2, -0.15) is 0 Å². The molecule has 0 spiro atoms. The van der Waals surface area contributed by atoms with Gasteiger partial charge in [-0.3, -0.25) is 0 Å². The van der Waals surface area contributed by atoms with E-state index in [9.17, 15) is 0 Å². The fourth-order valence-corrected chi connectivity index (χ4v) is 5.93. The van der Waals surface area contributed by atoms with Crippen LogP contribution in [-0.4, -0.2) is 0 Å². The van der Waals surface area contributed by atoms with Crippen LogP contribution in [0.3, 0.4) is 0 Å². The molecule has 0 N–H and O–H groups in total. The van der Waals surface area contributed by atoms with Gasteiger partial charge in [0.15, 0.2) is 0 Å². The van der Waals surface area contributed by atoms with Crippen LogP contribution in [0, 0.1) is 20.8 Å². The number of aryl methyl sites for hydroxylation is 3. The summed E-state index contributed by atoms with van der Waals surface area (Å²) in [7, 11) is 0. The molecule has 6 aromatic rings. The van der Waals surface area contributed by atoms with Gasteiger partial charge >= 0.3 is 0 Å². The van der Waals surface area contributed by atoms with Crippen molar-refractivity contribution in [3.05, 3.63) is 132 Å². The van der Waals surface area contributed by atoms with E-state index in [-0.39, 0.29) is 0 Å². The molecule has 1 aliphatic carbocycles. The summed E-state index contributed by atoms with van der Waals surface area (Å²) in [5.41, 5.74) is 16.9. The average Bonchev–Trinajstić information content (AvgIpc) is 3.26. The Morgan fingerprint density at radius 3 is 1.30 bits per heavy atom. The maximum atomic E-state index is 2.44. The molecule has 0 radical (unpaired) electrons. The second-order valence-electron chi connectivity index (χ2n) is 10.4. The van der Waals surface area contributed by atoms with Crippen molar-refractivity contribution in [2.45, 2.75) is 20.8 Å². The van der Waals surface area contributed by atoms with Crippen LogP contribution in [0.4, 0.5) is 0 Å². The van der Waals surface area contributed by atoms with E-state index in [4.69, 9.17) is 0 Å². The van der Waals surface area contributed by atoms with Crippen LogP contribution in [-0.2, 0) is 0 Å². The second-order valence-corrected chi connectivity index (χ2v) is 10.4. The molecule has 0 aliphatic heterocycles. The Bertz CT molecular complexity index is 1790. The highest BCUT2D eigenvalue weighted by atomic mass is 14.3. The van der Waals surface area contributed by atoms with Crippen LogP contribution < -0.4 is 0 Å². The van der Waals surface area contributed by atoms with Crippen molar-refractivity contribution in [1.29, 1.82) is 0 Å². The van der Waals surface area contributed by atoms with Crippen LogP contribution in [0.25, 0.3) is 66.4 Å². The molecule has 0 unspecified atom stereocenters. The van der Waals surface area contributed by atoms with Crippen molar-refractivity contribution in [2.75, 3.05) is 0 Å². The third-order valence-corrected chi connectivity index (χ3v) is 7.84. The van der Waals surface area contributed by atoms with Crippen molar-refractivity contribution in [1.82, 2.24) is 0 Å². The van der Waals surface area contributed by atoms with E-state index < -0.39 is 0 Å². The summed E-state index contributed by atoms with van der Waals surface area (Å²) >= 11 is 0. The minimum atomic E-state index is 1.25. The lowest BCUT2D eigenvalue weighted by atomic mass is 9.82. The van der Waals surface area contributed by atoms with Gasteiger partial charge < -0.3 is 0 Å². The normalized spacial score (nSPS) is 11.6. The van der Waals surface area contributed by atoms with Gasteiger partial charge in [-0.05, 0) is 93.2 Å². The van der Waals surface area contributed by atoms with Crippen LogP contribution in [0.1, 0.15) is 16.7 Å². The number of benzene rings is 6. The Morgan fingerprint density at radius 2 is 0.784 bits per heavy atom. The molecule has 176 valence electrons. The van der Waals surface area contributed by atoms with E-state index in [0.29, 0.717) is 0 Å². The Balaban J connectivity index is 1.68. The van der Waals surface area contributed by atoms with Crippen LogP contribution in [0.15, 0.2) is 115 Å². The quantitative estimate of drug-likeness (QED) is 0.240. The first kappa shape index (κ1) is 21.8. The topological polar surface area (TPSA) is 0 Å². The summed E-state index contributed by atoms with van der Waals surface area (Å²) in [4.78, 5) is 0. The maximum Gasteiger partial charge on any atom is -0.000764 e. The molecule has 0 heteroatoms. The lowest BCUT2D eigenvalue weighted by Gasteiger charge is -2.21. The van der Waals surface area contributed by atoms with Crippen LogP contribution in [0.2, 0.25) is 0 Å². The van der Waals surface area contributed by atoms with Gasteiger partial charge in [0.2, 0.25) is 0 Å². The molecule has 0 nitrogen and oxygen atoms in total. The highest BCUT2D eigenvalue weighted by Gasteiger charge is 2.29. The van der Waals surface area contributed by atoms with E-state index in [0.717, 1.165) is 0 Å². The fourth-order valence-electron chi connectivity index (χ4n) is 5.93. The third-order valence-electron chi connectivity index (χ3n) is 7.84. The molecule has 7 rings (SSSR count). The van der Waals surface area contributed by atoms with Crippen molar-refractivity contribution in [2.24, 2.45) is 0 Å². The molecular formula is C37H28. The number of hydrogen-bond acceptors (Lipinski definition) is 0. The highest BCUT2D eigenvalue weighted by Crippen LogP contribution is 2.57.